The van der Waals surface area contributed by atoms with Gasteiger partial charge in [0.2, 0.25) is 5.91 Å². The molecule has 2 aliphatic heterocycles. The van der Waals surface area contributed by atoms with Crippen molar-refractivity contribution in [2.75, 3.05) is 52.9 Å². The Balaban J connectivity index is 1.49. The number of carbonyl (C=O) groups is 1. The van der Waals surface area contributed by atoms with Gasteiger partial charge >= 0.3 is 0 Å². The van der Waals surface area contributed by atoms with Gasteiger partial charge in [-0.2, -0.15) is 0 Å². The van der Waals surface area contributed by atoms with E-state index in [4.69, 9.17) is 5.11 Å². The van der Waals surface area contributed by atoms with Gasteiger partial charge in [0, 0.05) is 56.8 Å². The standard InChI is InChI=1S/C19H29N3O2S/c1-20-7-9-21(10-8-20)12-16-3-2-6-22(13-16)19(24)5-4-18-11-17(14-23)15-25-18/h4-5,11,15-16,23H,2-3,6-10,12-14H2,1H3/b5-4+. The largest absolute Gasteiger partial charge is 0.392 e. The normalized spacial score (nSPS) is 23.4. The van der Waals surface area contributed by atoms with E-state index in [9.17, 15) is 4.79 Å². The van der Waals surface area contributed by atoms with Crippen molar-refractivity contribution >= 4 is 23.3 Å². The zero-order chi connectivity index (χ0) is 17.6. The number of thiophene rings is 1. The Morgan fingerprint density at radius 3 is 2.84 bits per heavy atom. The van der Waals surface area contributed by atoms with Crippen molar-refractivity contribution in [3.63, 3.8) is 0 Å². The van der Waals surface area contributed by atoms with Crippen LogP contribution in [-0.4, -0.2) is 78.6 Å². The first kappa shape index (κ1) is 18.6. The molecule has 1 aromatic rings. The van der Waals surface area contributed by atoms with Crippen LogP contribution in [0.1, 0.15) is 23.3 Å². The van der Waals surface area contributed by atoms with Crippen molar-refractivity contribution in [1.82, 2.24) is 14.7 Å². The van der Waals surface area contributed by atoms with E-state index in [1.165, 1.54) is 6.42 Å². The molecule has 1 unspecified atom stereocenters. The molecule has 25 heavy (non-hydrogen) atoms. The summed E-state index contributed by atoms with van der Waals surface area (Å²) in [6.45, 7) is 7.50. The van der Waals surface area contributed by atoms with Crippen molar-refractivity contribution in [2.24, 2.45) is 5.92 Å². The van der Waals surface area contributed by atoms with Gasteiger partial charge in [-0.3, -0.25) is 4.79 Å². The van der Waals surface area contributed by atoms with Crippen LogP contribution in [0.25, 0.3) is 6.08 Å². The Morgan fingerprint density at radius 1 is 1.32 bits per heavy atom. The molecule has 1 atom stereocenters. The molecule has 2 fully saturated rings. The molecule has 3 heterocycles. The van der Waals surface area contributed by atoms with Gasteiger partial charge in [0.05, 0.1) is 6.61 Å². The van der Waals surface area contributed by atoms with Crippen LogP contribution in [0.15, 0.2) is 17.5 Å². The van der Waals surface area contributed by atoms with E-state index in [0.29, 0.717) is 5.92 Å². The number of rotatable bonds is 5. The molecule has 2 aliphatic rings. The third-order valence-corrected chi connectivity index (χ3v) is 6.14. The number of piperidine rings is 1. The van der Waals surface area contributed by atoms with Crippen LogP contribution in [-0.2, 0) is 11.4 Å². The Labute approximate surface area is 154 Å². The van der Waals surface area contributed by atoms with Gasteiger partial charge in [0.25, 0.3) is 0 Å². The van der Waals surface area contributed by atoms with Crippen LogP contribution >= 0.6 is 11.3 Å². The zero-order valence-corrected chi connectivity index (χ0v) is 15.9. The predicted molar refractivity (Wildman–Crippen MR) is 103 cm³/mol. The molecule has 0 aliphatic carbocycles. The molecule has 0 saturated carbocycles. The molecule has 3 rings (SSSR count). The second-order valence-electron chi connectivity index (χ2n) is 7.25. The number of carbonyl (C=O) groups excluding carboxylic acids is 1. The van der Waals surface area contributed by atoms with Gasteiger partial charge in [-0.15, -0.1) is 11.3 Å². The van der Waals surface area contributed by atoms with Crippen LogP contribution < -0.4 is 0 Å². The van der Waals surface area contributed by atoms with Crippen LogP contribution in [0.4, 0.5) is 0 Å². The van der Waals surface area contributed by atoms with Crippen molar-refractivity contribution in [2.45, 2.75) is 19.4 Å². The maximum atomic E-state index is 12.5. The van der Waals surface area contributed by atoms with E-state index in [-0.39, 0.29) is 12.5 Å². The van der Waals surface area contributed by atoms with Crippen molar-refractivity contribution in [1.29, 1.82) is 0 Å². The fraction of sp³-hybridized carbons (Fsp3) is 0.632. The summed E-state index contributed by atoms with van der Waals surface area (Å²) in [5.74, 6) is 0.708. The molecule has 0 aromatic carbocycles. The van der Waals surface area contributed by atoms with Gasteiger partial charge in [0.15, 0.2) is 0 Å². The van der Waals surface area contributed by atoms with Gasteiger partial charge in [0.1, 0.15) is 0 Å². The number of aliphatic hydroxyl groups is 1. The monoisotopic (exact) mass is 363 g/mol. The quantitative estimate of drug-likeness (QED) is 0.810. The molecule has 6 heteroatoms. The highest BCUT2D eigenvalue weighted by Gasteiger charge is 2.25. The van der Waals surface area contributed by atoms with E-state index < -0.39 is 0 Å². The number of aliphatic hydroxyl groups excluding tert-OH is 1. The summed E-state index contributed by atoms with van der Waals surface area (Å²) in [6.07, 6.45) is 5.89. The molecule has 1 amide bonds. The first-order valence-corrected chi connectivity index (χ1v) is 10.1. The lowest BCUT2D eigenvalue weighted by atomic mass is 9.97. The van der Waals surface area contributed by atoms with Gasteiger partial charge in [-0.25, -0.2) is 0 Å². The van der Waals surface area contributed by atoms with Crippen LogP contribution in [0.5, 0.6) is 0 Å². The minimum absolute atomic E-state index is 0.0540. The topological polar surface area (TPSA) is 47.0 Å². The maximum Gasteiger partial charge on any atom is 0.246 e. The lowest BCUT2D eigenvalue weighted by Gasteiger charge is -2.38. The smallest absolute Gasteiger partial charge is 0.246 e. The lowest BCUT2D eigenvalue weighted by molar-refractivity contribution is -0.127. The van der Waals surface area contributed by atoms with Gasteiger partial charge in [-0.05, 0) is 48.9 Å². The van der Waals surface area contributed by atoms with Crippen molar-refractivity contribution in [3.05, 3.63) is 28.0 Å². The predicted octanol–water partition coefficient (Wildman–Crippen LogP) is 1.74. The van der Waals surface area contributed by atoms with E-state index in [2.05, 4.69) is 16.8 Å². The summed E-state index contributed by atoms with van der Waals surface area (Å²) >= 11 is 1.56. The summed E-state index contributed by atoms with van der Waals surface area (Å²) in [6, 6.07) is 1.93. The lowest BCUT2D eigenvalue weighted by Crippen LogP contribution is -2.49. The van der Waals surface area contributed by atoms with Gasteiger partial charge < -0.3 is 19.8 Å². The number of likely N-dealkylation sites (N-methyl/N-ethyl adjacent to an activating group) is 1. The summed E-state index contributed by atoms with van der Waals surface area (Å²) in [7, 11) is 2.18. The number of nitrogens with zero attached hydrogens (tertiary/aromatic N) is 3. The summed E-state index contributed by atoms with van der Waals surface area (Å²) < 4.78 is 0. The Bertz CT molecular complexity index is 593. The molecular formula is C19H29N3O2S. The van der Waals surface area contributed by atoms with Crippen LogP contribution in [0.3, 0.4) is 0 Å². The second kappa shape index (κ2) is 8.94. The minimum Gasteiger partial charge on any atom is -0.392 e. The molecule has 1 aromatic heterocycles. The molecular weight excluding hydrogens is 334 g/mol. The molecule has 5 nitrogen and oxygen atoms in total. The maximum absolute atomic E-state index is 12.5. The van der Waals surface area contributed by atoms with Crippen molar-refractivity contribution < 1.29 is 9.90 Å². The van der Waals surface area contributed by atoms with E-state index in [0.717, 1.165) is 62.7 Å². The zero-order valence-electron chi connectivity index (χ0n) is 15.1. The van der Waals surface area contributed by atoms with Gasteiger partial charge in [-0.1, -0.05) is 0 Å². The molecule has 1 N–H and O–H groups in total. The highest BCUT2D eigenvalue weighted by atomic mass is 32.1. The van der Waals surface area contributed by atoms with E-state index >= 15 is 0 Å². The van der Waals surface area contributed by atoms with Crippen LogP contribution in [0.2, 0.25) is 0 Å². The fourth-order valence-corrected chi connectivity index (χ4v) is 4.43. The first-order valence-electron chi connectivity index (χ1n) is 9.20. The third kappa shape index (κ3) is 5.38. The highest BCUT2D eigenvalue weighted by molar-refractivity contribution is 7.11. The molecule has 0 bridgehead atoms. The summed E-state index contributed by atoms with van der Waals surface area (Å²) in [5, 5.41) is 11.0. The number of likely N-dealkylation sites (tertiary alicyclic amines) is 1. The van der Waals surface area contributed by atoms with E-state index in [1.807, 2.05) is 22.4 Å². The molecule has 138 valence electrons. The summed E-state index contributed by atoms with van der Waals surface area (Å²) in [5.41, 5.74) is 0.905. The number of hydrogen-bond acceptors (Lipinski definition) is 5. The average Bonchev–Trinajstić information content (AvgIpc) is 3.10. The Kier molecular flexibility index (Phi) is 6.64. The fourth-order valence-electron chi connectivity index (χ4n) is 3.63. The highest BCUT2D eigenvalue weighted by Crippen LogP contribution is 2.20. The van der Waals surface area contributed by atoms with Crippen molar-refractivity contribution in [3.8, 4) is 0 Å². The first-order chi connectivity index (χ1) is 12.1. The average molecular weight is 364 g/mol. The Morgan fingerprint density at radius 2 is 2.12 bits per heavy atom. The number of amides is 1. The molecule has 0 radical (unpaired) electrons. The molecule has 2 saturated heterocycles. The summed E-state index contributed by atoms with van der Waals surface area (Å²) in [4.78, 5) is 20.5. The van der Waals surface area contributed by atoms with Crippen LogP contribution in [0, 0.1) is 5.92 Å². The number of hydrogen-bond donors (Lipinski definition) is 1. The minimum atomic E-state index is 0.0540. The van der Waals surface area contributed by atoms with E-state index in [1.54, 1.807) is 17.4 Å². The molecule has 0 spiro atoms. The SMILES string of the molecule is CN1CCN(CC2CCCN(C(=O)/C=C/c3cc(CO)cs3)C2)CC1. The Hall–Kier alpha value is -1.21. The number of piperazine rings is 1. The third-order valence-electron chi connectivity index (χ3n) is 5.19. The second-order valence-corrected chi connectivity index (χ2v) is 8.19.